The average molecular weight is 215 g/mol. The van der Waals surface area contributed by atoms with Crippen LogP contribution in [0, 0.1) is 6.92 Å². The van der Waals surface area contributed by atoms with Gasteiger partial charge in [0.2, 0.25) is 0 Å². The number of aryl methyl sites for hydroxylation is 1. The van der Waals surface area contributed by atoms with Crippen molar-refractivity contribution in [2.24, 2.45) is 0 Å². The molecule has 2 rings (SSSR count). The molecule has 1 aromatic rings. The number of halogens is 1. The van der Waals surface area contributed by atoms with Gasteiger partial charge in [0.15, 0.2) is 0 Å². The van der Waals surface area contributed by atoms with Crippen molar-refractivity contribution in [3.63, 3.8) is 0 Å². The van der Waals surface area contributed by atoms with Crippen LogP contribution in [0.2, 0.25) is 0 Å². The summed E-state index contributed by atoms with van der Waals surface area (Å²) in [7, 11) is 0. The molecule has 1 atom stereocenters. The van der Waals surface area contributed by atoms with Gasteiger partial charge in [-0.2, -0.15) is 0 Å². The predicted octanol–water partition coefficient (Wildman–Crippen LogP) is 3.09. The Balaban J connectivity index is 2.27. The maximum Gasteiger partial charge on any atom is 0.132 e. The van der Waals surface area contributed by atoms with E-state index in [1.54, 1.807) is 0 Å². The second-order valence-corrected chi connectivity index (χ2v) is 4.81. The summed E-state index contributed by atoms with van der Waals surface area (Å²) < 4.78 is 5.58. The molecule has 1 unspecified atom stereocenters. The summed E-state index contributed by atoms with van der Waals surface area (Å²) in [5.41, 5.74) is 1.27. The minimum atomic E-state index is 0.399. The van der Waals surface area contributed by atoms with E-state index in [1.807, 2.05) is 17.8 Å². The van der Waals surface area contributed by atoms with Gasteiger partial charge in [-0.3, -0.25) is 0 Å². The van der Waals surface area contributed by atoms with Crippen molar-refractivity contribution < 1.29 is 4.74 Å². The van der Waals surface area contributed by atoms with Crippen LogP contribution in [0.4, 0.5) is 0 Å². The Bertz CT molecular complexity index is 314. The van der Waals surface area contributed by atoms with Crippen LogP contribution >= 0.6 is 23.4 Å². The zero-order valence-electron chi connectivity index (χ0n) is 7.42. The fourth-order valence-electron chi connectivity index (χ4n) is 1.30. The zero-order chi connectivity index (χ0) is 9.26. The summed E-state index contributed by atoms with van der Waals surface area (Å²) in [6, 6.07) is 6.25. The van der Waals surface area contributed by atoms with Crippen LogP contribution in [0.5, 0.6) is 5.75 Å². The molecular weight excluding hydrogens is 204 g/mol. The van der Waals surface area contributed by atoms with Crippen molar-refractivity contribution >= 4 is 23.4 Å². The lowest BCUT2D eigenvalue weighted by Gasteiger charge is -2.23. The predicted molar refractivity (Wildman–Crippen MR) is 57.0 cm³/mol. The molecule has 13 heavy (non-hydrogen) atoms. The summed E-state index contributed by atoms with van der Waals surface area (Å²) in [4.78, 5) is 1.22. The molecule has 0 aromatic heterocycles. The van der Waals surface area contributed by atoms with E-state index in [0.29, 0.717) is 11.1 Å². The summed E-state index contributed by atoms with van der Waals surface area (Å²) in [6.45, 7) is 2.81. The van der Waals surface area contributed by atoms with Gasteiger partial charge >= 0.3 is 0 Å². The highest BCUT2D eigenvalue weighted by Crippen LogP contribution is 2.37. The fourth-order valence-corrected chi connectivity index (χ4v) is 2.63. The average Bonchev–Trinajstić information content (AvgIpc) is 2.16. The Morgan fingerprint density at radius 2 is 2.46 bits per heavy atom. The molecule has 70 valence electrons. The molecule has 0 amide bonds. The third kappa shape index (κ3) is 1.94. The van der Waals surface area contributed by atoms with E-state index in [4.69, 9.17) is 16.3 Å². The molecule has 0 saturated heterocycles. The first-order valence-corrected chi connectivity index (χ1v) is 5.67. The molecule has 0 fully saturated rings. The Kier molecular flexibility index (Phi) is 2.70. The van der Waals surface area contributed by atoms with Gasteiger partial charge in [0.1, 0.15) is 12.4 Å². The lowest BCUT2D eigenvalue weighted by atomic mass is 10.2. The van der Waals surface area contributed by atoms with Gasteiger partial charge in [-0.1, -0.05) is 6.07 Å². The molecule has 0 radical (unpaired) electrons. The standard InChI is InChI=1S/C10H11ClOS/c1-7-2-3-9-10(4-7)13-8(5-11)6-12-9/h2-4,8H,5-6H2,1H3. The van der Waals surface area contributed by atoms with Crippen molar-refractivity contribution in [1.82, 2.24) is 0 Å². The van der Waals surface area contributed by atoms with Gasteiger partial charge in [0.05, 0.1) is 10.1 Å². The number of ether oxygens (including phenoxy) is 1. The van der Waals surface area contributed by atoms with Crippen LogP contribution in [0.25, 0.3) is 0 Å². The quantitative estimate of drug-likeness (QED) is 0.665. The number of rotatable bonds is 1. The third-order valence-corrected chi connectivity index (χ3v) is 3.75. The SMILES string of the molecule is Cc1ccc2c(c1)SC(CCl)CO2. The van der Waals surface area contributed by atoms with Gasteiger partial charge in [0, 0.05) is 5.88 Å². The van der Waals surface area contributed by atoms with E-state index < -0.39 is 0 Å². The van der Waals surface area contributed by atoms with Gasteiger partial charge in [-0.15, -0.1) is 23.4 Å². The van der Waals surface area contributed by atoms with E-state index in [2.05, 4.69) is 19.1 Å². The van der Waals surface area contributed by atoms with Gasteiger partial charge < -0.3 is 4.74 Å². The Morgan fingerprint density at radius 1 is 1.62 bits per heavy atom. The van der Waals surface area contributed by atoms with Crippen molar-refractivity contribution in [3.05, 3.63) is 23.8 Å². The summed E-state index contributed by atoms with van der Waals surface area (Å²) in [5, 5.41) is 0.399. The highest BCUT2D eigenvalue weighted by Gasteiger charge is 2.19. The normalized spacial score (nSPS) is 20.6. The van der Waals surface area contributed by atoms with Crippen LogP contribution in [0.3, 0.4) is 0 Å². The molecule has 0 N–H and O–H groups in total. The molecule has 1 aliphatic rings. The maximum atomic E-state index is 5.79. The summed E-state index contributed by atoms with van der Waals surface area (Å²) in [5.74, 6) is 1.65. The minimum Gasteiger partial charge on any atom is -0.491 e. The lowest BCUT2D eigenvalue weighted by molar-refractivity contribution is 0.308. The van der Waals surface area contributed by atoms with Crippen LogP contribution in [0.1, 0.15) is 5.56 Å². The Labute approximate surface area is 87.4 Å². The van der Waals surface area contributed by atoms with Crippen molar-refractivity contribution in [2.45, 2.75) is 17.1 Å². The van der Waals surface area contributed by atoms with E-state index in [1.165, 1.54) is 10.5 Å². The minimum absolute atomic E-state index is 0.399. The second kappa shape index (κ2) is 3.81. The van der Waals surface area contributed by atoms with E-state index in [9.17, 15) is 0 Å². The molecule has 1 heterocycles. The molecule has 3 heteroatoms. The van der Waals surface area contributed by atoms with Crippen LogP contribution < -0.4 is 4.74 Å². The highest BCUT2D eigenvalue weighted by atomic mass is 35.5. The highest BCUT2D eigenvalue weighted by molar-refractivity contribution is 8.00. The van der Waals surface area contributed by atoms with Gasteiger partial charge in [-0.25, -0.2) is 0 Å². The fraction of sp³-hybridized carbons (Fsp3) is 0.400. The van der Waals surface area contributed by atoms with Gasteiger partial charge in [-0.05, 0) is 24.6 Å². The zero-order valence-corrected chi connectivity index (χ0v) is 8.99. The van der Waals surface area contributed by atoms with E-state index >= 15 is 0 Å². The molecule has 0 aliphatic carbocycles. The lowest BCUT2D eigenvalue weighted by Crippen LogP contribution is -2.20. The monoisotopic (exact) mass is 214 g/mol. The first kappa shape index (κ1) is 9.22. The smallest absolute Gasteiger partial charge is 0.132 e. The van der Waals surface area contributed by atoms with Crippen LogP contribution in [0.15, 0.2) is 23.1 Å². The Hall–Kier alpha value is -0.340. The number of hydrogen-bond acceptors (Lipinski definition) is 2. The third-order valence-electron chi connectivity index (χ3n) is 1.99. The molecule has 1 aromatic carbocycles. The molecule has 0 saturated carbocycles. The van der Waals surface area contributed by atoms with Crippen molar-refractivity contribution in [1.29, 1.82) is 0 Å². The Morgan fingerprint density at radius 3 is 3.23 bits per heavy atom. The second-order valence-electron chi connectivity index (χ2n) is 3.16. The van der Waals surface area contributed by atoms with E-state index in [0.717, 1.165) is 12.4 Å². The number of fused-ring (bicyclic) bond motifs is 1. The first-order chi connectivity index (χ1) is 6.29. The first-order valence-electron chi connectivity index (χ1n) is 4.25. The topological polar surface area (TPSA) is 9.23 Å². The number of hydrogen-bond donors (Lipinski definition) is 0. The number of thioether (sulfide) groups is 1. The summed E-state index contributed by atoms with van der Waals surface area (Å²) in [6.07, 6.45) is 0. The van der Waals surface area contributed by atoms with Crippen molar-refractivity contribution in [2.75, 3.05) is 12.5 Å². The molecule has 1 aliphatic heterocycles. The maximum absolute atomic E-state index is 5.79. The summed E-state index contributed by atoms with van der Waals surface area (Å²) >= 11 is 7.60. The molecule has 0 spiro atoms. The number of alkyl halides is 1. The van der Waals surface area contributed by atoms with Gasteiger partial charge in [0.25, 0.3) is 0 Å². The molecule has 0 bridgehead atoms. The molecule has 1 nitrogen and oxygen atoms in total. The number of benzene rings is 1. The van der Waals surface area contributed by atoms with Crippen LogP contribution in [-0.2, 0) is 0 Å². The molecular formula is C10H11ClOS. The van der Waals surface area contributed by atoms with E-state index in [-0.39, 0.29) is 0 Å². The van der Waals surface area contributed by atoms with Crippen LogP contribution in [-0.4, -0.2) is 17.7 Å². The van der Waals surface area contributed by atoms with Crippen molar-refractivity contribution in [3.8, 4) is 5.75 Å². The largest absolute Gasteiger partial charge is 0.491 e.